The van der Waals surface area contributed by atoms with Gasteiger partial charge in [0.15, 0.2) is 5.01 Å². The fraction of sp³-hybridized carbons (Fsp3) is 0. The first kappa shape index (κ1) is 18.5. The number of nitrogens with zero attached hydrogens (tertiary/aromatic N) is 3. The molecule has 0 aliphatic heterocycles. The summed E-state index contributed by atoms with van der Waals surface area (Å²) in [6.07, 6.45) is 1.56. The zero-order valence-corrected chi connectivity index (χ0v) is 16.6. The Bertz CT molecular complexity index is 1310. The summed E-state index contributed by atoms with van der Waals surface area (Å²) in [6, 6.07) is 14.5. The van der Waals surface area contributed by atoms with E-state index in [1.165, 1.54) is 16.0 Å². The summed E-state index contributed by atoms with van der Waals surface area (Å²) in [5, 5.41) is 17.3. The van der Waals surface area contributed by atoms with Gasteiger partial charge in [-0.15, -0.1) is 10.2 Å². The van der Waals surface area contributed by atoms with Crippen LogP contribution in [-0.4, -0.2) is 20.0 Å². The highest BCUT2D eigenvalue weighted by Gasteiger charge is 2.10. The molecule has 0 saturated carbocycles. The van der Waals surface area contributed by atoms with E-state index in [4.69, 9.17) is 23.2 Å². The number of hydrogen-bond donors (Lipinski definition) is 2. The Balaban J connectivity index is 1.64. The van der Waals surface area contributed by atoms with Crippen molar-refractivity contribution in [3.05, 3.63) is 79.5 Å². The van der Waals surface area contributed by atoms with Crippen LogP contribution in [0.15, 0.2) is 53.3 Å². The molecular formula is C19H13Cl2N5OS. The predicted molar refractivity (Wildman–Crippen MR) is 115 cm³/mol. The van der Waals surface area contributed by atoms with Gasteiger partial charge in [0.1, 0.15) is 0 Å². The maximum atomic E-state index is 12.7. The van der Waals surface area contributed by atoms with Gasteiger partial charge in [-0.3, -0.25) is 9.89 Å². The molecule has 0 fully saturated rings. The van der Waals surface area contributed by atoms with Crippen molar-refractivity contribution < 1.29 is 0 Å². The van der Waals surface area contributed by atoms with E-state index in [0.29, 0.717) is 30.8 Å². The minimum Gasteiger partial charge on any atom is -0.336 e. The first-order valence-electron chi connectivity index (χ1n) is 8.14. The molecule has 2 heterocycles. The molecule has 6 nitrogen and oxygen atoms in total. The maximum absolute atomic E-state index is 12.7. The molecule has 0 radical (unpaired) electrons. The largest absolute Gasteiger partial charge is 0.336 e. The van der Waals surface area contributed by atoms with Gasteiger partial charge in [-0.1, -0.05) is 59.3 Å². The van der Waals surface area contributed by atoms with E-state index in [9.17, 15) is 4.79 Å². The lowest BCUT2D eigenvalue weighted by molar-refractivity contribution is 0.838. The van der Waals surface area contributed by atoms with Crippen molar-refractivity contribution >= 4 is 52.4 Å². The molecule has 4 rings (SSSR count). The van der Waals surface area contributed by atoms with E-state index in [-0.39, 0.29) is 5.56 Å². The Hall–Kier alpha value is -2.87. The van der Waals surface area contributed by atoms with Crippen LogP contribution in [0.3, 0.4) is 0 Å². The van der Waals surface area contributed by atoms with Crippen LogP contribution in [-0.2, 0) is 0 Å². The summed E-state index contributed by atoms with van der Waals surface area (Å²) in [7, 11) is 0. The van der Waals surface area contributed by atoms with E-state index in [1.807, 2.05) is 30.3 Å². The number of rotatable bonds is 4. The van der Waals surface area contributed by atoms with Crippen LogP contribution in [0.5, 0.6) is 0 Å². The number of aromatic nitrogens is 4. The summed E-state index contributed by atoms with van der Waals surface area (Å²) in [4.78, 5) is 12.7. The van der Waals surface area contributed by atoms with Crippen LogP contribution in [0.1, 0.15) is 0 Å². The van der Waals surface area contributed by atoms with Gasteiger partial charge in [0.2, 0.25) is 5.13 Å². The summed E-state index contributed by atoms with van der Waals surface area (Å²) >= 11 is 13.5. The maximum Gasteiger partial charge on any atom is 0.280 e. The SMILES string of the molecule is C=c1[nH]n(-c2ccccc2)c(=O)/c1=C\Nc1nnc(-c2ccc(Cl)cc2Cl)s1. The fourth-order valence-electron chi connectivity index (χ4n) is 2.59. The van der Waals surface area contributed by atoms with Crippen LogP contribution in [0, 0.1) is 0 Å². The van der Waals surface area contributed by atoms with Gasteiger partial charge in [-0.2, -0.15) is 0 Å². The summed E-state index contributed by atoms with van der Waals surface area (Å²) in [5.74, 6) is 0. The number of aromatic amines is 1. The third-order valence-corrected chi connectivity index (χ3v) is 5.38. The number of halogens is 2. The molecule has 0 saturated heterocycles. The van der Waals surface area contributed by atoms with Crippen LogP contribution < -0.4 is 21.4 Å². The highest BCUT2D eigenvalue weighted by Crippen LogP contribution is 2.33. The molecule has 0 aliphatic rings. The minimum atomic E-state index is -0.214. The molecule has 2 N–H and O–H groups in total. The molecular weight excluding hydrogens is 417 g/mol. The van der Waals surface area contributed by atoms with Crippen LogP contribution in [0.25, 0.3) is 29.0 Å². The number of para-hydroxylation sites is 1. The lowest BCUT2D eigenvalue weighted by Gasteiger charge is -1.99. The third-order valence-electron chi connectivity index (χ3n) is 3.95. The smallest absolute Gasteiger partial charge is 0.280 e. The molecule has 0 amide bonds. The number of nitrogens with one attached hydrogen (secondary N) is 2. The average Bonchev–Trinajstić information content (AvgIpc) is 3.25. The Morgan fingerprint density at radius 2 is 1.93 bits per heavy atom. The van der Waals surface area contributed by atoms with Gasteiger partial charge >= 0.3 is 0 Å². The molecule has 2 aromatic carbocycles. The number of hydrogen-bond acceptors (Lipinski definition) is 5. The summed E-state index contributed by atoms with van der Waals surface area (Å²) in [5.41, 5.74) is 1.25. The van der Waals surface area contributed by atoms with Gasteiger partial charge in [-0.05, 0) is 30.3 Å². The van der Waals surface area contributed by atoms with Crippen molar-refractivity contribution in [2.45, 2.75) is 0 Å². The van der Waals surface area contributed by atoms with Gasteiger partial charge in [0.25, 0.3) is 5.56 Å². The zero-order valence-electron chi connectivity index (χ0n) is 14.3. The Morgan fingerprint density at radius 1 is 1.14 bits per heavy atom. The van der Waals surface area contributed by atoms with E-state index in [1.54, 1.807) is 24.4 Å². The second kappa shape index (κ2) is 7.63. The number of anilines is 1. The highest BCUT2D eigenvalue weighted by molar-refractivity contribution is 7.18. The van der Waals surface area contributed by atoms with Crippen molar-refractivity contribution in [3.8, 4) is 16.3 Å². The molecule has 0 atom stereocenters. The van der Waals surface area contributed by atoms with Crippen molar-refractivity contribution in [1.29, 1.82) is 0 Å². The lowest BCUT2D eigenvalue weighted by atomic mass is 10.2. The van der Waals surface area contributed by atoms with Gasteiger partial charge in [0.05, 0.1) is 21.3 Å². The predicted octanol–water partition coefficient (Wildman–Crippen LogP) is 3.25. The highest BCUT2D eigenvalue weighted by atomic mass is 35.5. The van der Waals surface area contributed by atoms with E-state index < -0.39 is 0 Å². The topological polar surface area (TPSA) is 75.6 Å². The van der Waals surface area contributed by atoms with Crippen molar-refractivity contribution in [3.63, 3.8) is 0 Å². The standard InChI is InChI=1S/C19H13Cl2N5OS/c1-11-15(18(27)26(25-11)13-5-3-2-4-6-13)10-22-19-24-23-17(28-19)14-8-7-12(20)9-16(14)21/h2-10,25H,1H2,(H,22,24)/b15-10-. The molecule has 0 bridgehead atoms. The first-order valence-corrected chi connectivity index (χ1v) is 9.71. The van der Waals surface area contributed by atoms with Gasteiger partial charge in [-0.25, -0.2) is 4.68 Å². The van der Waals surface area contributed by atoms with Crippen LogP contribution in [0.2, 0.25) is 10.0 Å². The molecule has 0 spiro atoms. The van der Waals surface area contributed by atoms with Gasteiger partial charge in [0, 0.05) is 16.8 Å². The van der Waals surface area contributed by atoms with E-state index in [0.717, 1.165) is 11.3 Å². The third kappa shape index (κ3) is 3.60. The Labute approximate surface area is 173 Å². The Morgan fingerprint density at radius 3 is 2.68 bits per heavy atom. The second-order valence-electron chi connectivity index (χ2n) is 5.81. The molecule has 2 aromatic heterocycles. The second-order valence-corrected chi connectivity index (χ2v) is 7.63. The Kier molecular flexibility index (Phi) is 5.04. The molecule has 28 heavy (non-hydrogen) atoms. The molecule has 4 aromatic rings. The van der Waals surface area contributed by atoms with Crippen LogP contribution >= 0.6 is 34.5 Å². The number of benzene rings is 2. The normalized spacial score (nSPS) is 11.7. The fourth-order valence-corrected chi connectivity index (χ4v) is 3.90. The van der Waals surface area contributed by atoms with E-state index in [2.05, 4.69) is 27.2 Å². The van der Waals surface area contributed by atoms with Crippen molar-refractivity contribution in [1.82, 2.24) is 20.0 Å². The summed E-state index contributed by atoms with van der Waals surface area (Å²) in [6.45, 7) is 3.90. The van der Waals surface area contributed by atoms with E-state index >= 15 is 0 Å². The quantitative estimate of drug-likeness (QED) is 0.521. The average molecular weight is 430 g/mol. The first-order chi connectivity index (χ1) is 13.5. The lowest BCUT2D eigenvalue weighted by Crippen LogP contribution is -2.34. The minimum absolute atomic E-state index is 0.214. The molecule has 0 aliphatic carbocycles. The van der Waals surface area contributed by atoms with Crippen LogP contribution in [0.4, 0.5) is 5.13 Å². The summed E-state index contributed by atoms with van der Waals surface area (Å²) < 4.78 is 1.44. The van der Waals surface area contributed by atoms with Crippen molar-refractivity contribution in [2.75, 3.05) is 5.32 Å². The van der Waals surface area contributed by atoms with Crippen molar-refractivity contribution in [2.24, 2.45) is 0 Å². The molecule has 9 heteroatoms. The van der Waals surface area contributed by atoms with Gasteiger partial charge < -0.3 is 5.32 Å². The monoisotopic (exact) mass is 429 g/mol. The number of H-pyrrole nitrogens is 1. The zero-order chi connectivity index (χ0) is 19.7. The molecule has 140 valence electrons. The molecule has 0 unspecified atom stereocenters.